The van der Waals surface area contributed by atoms with Crippen molar-refractivity contribution in [3.63, 3.8) is 0 Å². The number of aromatic nitrogens is 2. The van der Waals surface area contributed by atoms with Crippen molar-refractivity contribution in [2.45, 2.75) is 29.4 Å². The van der Waals surface area contributed by atoms with Crippen LogP contribution in [0.25, 0.3) is 10.8 Å². The van der Waals surface area contributed by atoms with Crippen LogP contribution in [0.15, 0.2) is 45.0 Å². The van der Waals surface area contributed by atoms with Gasteiger partial charge in [-0.3, -0.25) is 4.72 Å². The number of anilines is 1. The van der Waals surface area contributed by atoms with Gasteiger partial charge in [-0.2, -0.15) is 5.26 Å². The first-order chi connectivity index (χ1) is 12.5. The molecule has 1 aliphatic carbocycles. The molecule has 2 heterocycles. The maximum atomic E-state index is 12.5. The number of nitriles is 1. The maximum Gasteiger partial charge on any atom is 0.271 e. The van der Waals surface area contributed by atoms with Gasteiger partial charge in [0.1, 0.15) is 4.21 Å². The Morgan fingerprint density at radius 3 is 2.58 bits per heavy atom. The third kappa shape index (κ3) is 3.21. The minimum atomic E-state index is -3.73. The van der Waals surface area contributed by atoms with Crippen LogP contribution in [-0.2, 0) is 10.0 Å². The Hall–Kier alpha value is -2.70. The molecule has 0 amide bonds. The van der Waals surface area contributed by atoms with Crippen LogP contribution in [0.1, 0.15) is 36.6 Å². The highest BCUT2D eigenvalue weighted by Crippen LogP contribution is 2.37. The highest BCUT2D eigenvalue weighted by Gasteiger charge is 2.26. The molecule has 9 heteroatoms. The highest BCUT2D eigenvalue weighted by molar-refractivity contribution is 7.94. The van der Waals surface area contributed by atoms with Gasteiger partial charge in [0, 0.05) is 11.6 Å². The third-order valence-electron chi connectivity index (χ3n) is 4.22. The minimum Gasteiger partial charge on any atom is -0.420 e. The van der Waals surface area contributed by atoms with Crippen LogP contribution < -0.4 is 4.72 Å². The summed E-state index contributed by atoms with van der Waals surface area (Å²) in [5, 5.41) is 16.9. The van der Waals surface area contributed by atoms with Crippen molar-refractivity contribution >= 4 is 27.0 Å². The number of rotatable bonds is 5. The number of nitrogens with zero attached hydrogens (tertiary/aromatic N) is 3. The molecular formula is C17H14N4O3S2. The molecule has 0 spiro atoms. The van der Waals surface area contributed by atoms with Gasteiger partial charge in [-0.15, -0.1) is 21.5 Å². The second kappa shape index (κ2) is 6.55. The first-order valence-electron chi connectivity index (χ1n) is 8.02. The lowest BCUT2D eigenvalue weighted by Crippen LogP contribution is -2.11. The van der Waals surface area contributed by atoms with Crippen molar-refractivity contribution < 1.29 is 12.8 Å². The molecule has 4 rings (SSSR count). The molecule has 3 aromatic rings. The lowest BCUT2D eigenvalue weighted by molar-refractivity contribution is 0.338. The Balaban J connectivity index is 1.54. The molecule has 2 aromatic heterocycles. The fourth-order valence-electron chi connectivity index (χ4n) is 2.55. The molecule has 7 nitrogen and oxygen atoms in total. The van der Waals surface area contributed by atoms with E-state index in [0.29, 0.717) is 33.8 Å². The van der Waals surface area contributed by atoms with E-state index in [9.17, 15) is 8.42 Å². The predicted molar refractivity (Wildman–Crippen MR) is 96.2 cm³/mol. The SMILES string of the molecule is N#Cc1ccc(NS(=O)(=O)c2ccc(-c3nnc(C4CCC4)o3)s2)cc1. The van der Waals surface area contributed by atoms with E-state index in [0.717, 1.165) is 24.2 Å². The Labute approximate surface area is 154 Å². The van der Waals surface area contributed by atoms with Crippen LogP contribution in [0.3, 0.4) is 0 Å². The Bertz CT molecular complexity index is 1070. The van der Waals surface area contributed by atoms with Gasteiger partial charge in [0.2, 0.25) is 5.89 Å². The summed E-state index contributed by atoms with van der Waals surface area (Å²) >= 11 is 1.07. The molecule has 0 saturated heterocycles. The fraction of sp³-hybridized carbons (Fsp3) is 0.235. The summed E-state index contributed by atoms with van der Waals surface area (Å²) in [5.41, 5.74) is 0.856. The van der Waals surface area contributed by atoms with E-state index < -0.39 is 10.0 Å². The second-order valence-electron chi connectivity index (χ2n) is 5.99. The smallest absolute Gasteiger partial charge is 0.271 e. The second-order valence-corrected chi connectivity index (χ2v) is 8.98. The quantitative estimate of drug-likeness (QED) is 0.715. The van der Waals surface area contributed by atoms with Gasteiger partial charge in [-0.05, 0) is 49.2 Å². The Morgan fingerprint density at radius 1 is 1.15 bits per heavy atom. The number of hydrogen-bond acceptors (Lipinski definition) is 7. The molecule has 1 aliphatic rings. The van der Waals surface area contributed by atoms with E-state index in [2.05, 4.69) is 14.9 Å². The minimum absolute atomic E-state index is 0.153. The summed E-state index contributed by atoms with van der Waals surface area (Å²) < 4.78 is 33.4. The van der Waals surface area contributed by atoms with E-state index in [4.69, 9.17) is 9.68 Å². The molecule has 0 bridgehead atoms. The molecule has 26 heavy (non-hydrogen) atoms. The van der Waals surface area contributed by atoms with Crippen LogP contribution in [0.5, 0.6) is 0 Å². The summed E-state index contributed by atoms with van der Waals surface area (Å²) in [7, 11) is -3.73. The highest BCUT2D eigenvalue weighted by atomic mass is 32.2. The molecule has 1 aromatic carbocycles. The van der Waals surface area contributed by atoms with E-state index >= 15 is 0 Å². The van der Waals surface area contributed by atoms with Crippen molar-refractivity contribution in [1.82, 2.24) is 10.2 Å². The van der Waals surface area contributed by atoms with Crippen LogP contribution in [0.2, 0.25) is 0 Å². The van der Waals surface area contributed by atoms with E-state index in [-0.39, 0.29) is 4.21 Å². The van der Waals surface area contributed by atoms with Gasteiger partial charge in [-0.1, -0.05) is 6.42 Å². The molecule has 0 radical (unpaired) electrons. The largest absolute Gasteiger partial charge is 0.420 e. The molecule has 1 saturated carbocycles. The molecule has 0 unspecified atom stereocenters. The molecule has 132 valence electrons. The van der Waals surface area contributed by atoms with Crippen LogP contribution >= 0.6 is 11.3 Å². The lowest BCUT2D eigenvalue weighted by atomic mass is 9.85. The van der Waals surface area contributed by atoms with E-state index in [1.54, 1.807) is 30.3 Å². The molecule has 0 aliphatic heterocycles. The van der Waals surface area contributed by atoms with Crippen LogP contribution in [-0.4, -0.2) is 18.6 Å². The Kier molecular flexibility index (Phi) is 4.22. The average Bonchev–Trinajstić information content (AvgIpc) is 3.23. The van der Waals surface area contributed by atoms with Crippen LogP contribution in [0.4, 0.5) is 5.69 Å². The standard InChI is InChI=1S/C17H14N4O3S2/c18-10-11-4-6-13(7-5-11)21-26(22,23)15-9-8-14(25-15)17-20-19-16(24-17)12-2-1-3-12/h4-9,12,21H,1-3H2. The first kappa shape index (κ1) is 16.8. The monoisotopic (exact) mass is 386 g/mol. The van der Waals surface area contributed by atoms with Crippen molar-refractivity contribution in [2.24, 2.45) is 0 Å². The fourth-order valence-corrected chi connectivity index (χ4v) is 4.84. The number of benzene rings is 1. The van der Waals surface area contributed by atoms with Gasteiger partial charge in [0.25, 0.3) is 15.9 Å². The number of hydrogen-bond donors (Lipinski definition) is 1. The van der Waals surface area contributed by atoms with Gasteiger partial charge in [-0.25, -0.2) is 8.42 Å². The van der Waals surface area contributed by atoms with E-state index in [1.807, 2.05) is 6.07 Å². The zero-order valence-corrected chi connectivity index (χ0v) is 15.2. The number of sulfonamides is 1. The molecule has 1 fully saturated rings. The zero-order valence-electron chi connectivity index (χ0n) is 13.5. The maximum absolute atomic E-state index is 12.5. The normalized spacial score (nSPS) is 14.6. The van der Waals surface area contributed by atoms with Gasteiger partial charge in [0.05, 0.1) is 16.5 Å². The van der Waals surface area contributed by atoms with Crippen molar-refractivity contribution in [3.05, 3.63) is 47.9 Å². The summed E-state index contributed by atoms with van der Waals surface area (Å²) in [5.74, 6) is 1.30. The average molecular weight is 386 g/mol. The zero-order chi connectivity index (χ0) is 18.1. The Morgan fingerprint density at radius 2 is 1.92 bits per heavy atom. The predicted octanol–water partition coefficient (Wildman–Crippen LogP) is 3.74. The van der Waals surface area contributed by atoms with Gasteiger partial charge >= 0.3 is 0 Å². The molecule has 1 N–H and O–H groups in total. The molecular weight excluding hydrogens is 372 g/mol. The van der Waals surface area contributed by atoms with Gasteiger partial charge < -0.3 is 4.42 Å². The van der Waals surface area contributed by atoms with Crippen molar-refractivity contribution in [1.29, 1.82) is 5.26 Å². The van der Waals surface area contributed by atoms with E-state index in [1.165, 1.54) is 12.5 Å². The summed E-state index contributed by atoms with van der Waals surface area (Å²) in [6.07, 6.45) is 3.28. The van der Waals surface area contributed by atoms with Crippen LogP contribution in [0, 0.1) is 11.3 Å². The summed E-state index contributed by atoms with van der Waals surface area (Å²) in [6, 6.07) is 11.4. The first-order valence-corrected chi connectivity index (χ1v) is 10.3. The molecule has 0 atom stereocenters. The summed E-state index contributed by atoms with van der Waals surface area (Å²) in [6.45, 7) is 0. The lowest BCUT2D eigenvalue weighted by Gasteiger charge is -2.20. The van der Waals surface area contributed by atoms with Crippen molar-refractivity contribution in [3.8, 4) is 16.8 Å². The third-order valence-corrected chi connectivity index (χ3v) is 7.16. The summed E-state index contributed by atoms with van der Waals surface area (Å²) in [4.78, 5) is 0.614. The topological polar surface area (TPSA) is 109 Å². The number of nitrogens with one attached hydrogen (secondary N) is 1. The van der Waals surface area contributed by atoms with Crippen molar-refractivity contribution in [2.75, 3.05) is 4.72 Å². The van der Waals surface area contributed by atoms with Gasteiger partial charge in [0.15, 0.2) is 0 Å². The number of thiophene rings is 1.